The van der Waals surface area contributed by atoms with Crippen molar-refractivity contribution in [1.82, 2.24) is 4.90 Å². The summed E-state index contributed by atoms with van der Waals surface area (Å²) in [5.41, 5.74) is 2.92. The molecule has 0 aromatic heterocycles. The molecule has 1 heterocycles. The zero-order valence-corrected chi connectivity index (χ0v) is 15.5. The van der Waals surface area contributed by atoms with Gasteiger partial charge in [0.05, 0.1) is 7.11 Å². The Morgan fingerprint density at radius 3 is 2.35 bits per heavy atom. The molecule has 7 heteroatoms. The number of imide groups is 1. The number of nitrogens with one attached hydrogen (secondary N) is 2. The lowest BCUT2D eigenvalue weighted by molar-refractivity contribution is -0.126. The molecule has 26 heavy (non-hydrogen) atoms. The summed E-state index contributed by atoms with van der Waals surface area (Å²) in [7, 11) is 1.60. The van der Waals surface area contributed by atoms with Crippen LogP contribution in [-0.4, -0.2) is 41.6 Å². The first-order valence-corrected chi connectivity index (χ1v) is 9.18. The first-order valence-electron chi connectivity index (χ1n) is 8.30. The number of hydrogen-bond acceptors (Lipinski definition) is 6. The molecule has 136 valence electrons. The third-order valence-corrected chi connectivity index (χ3v) is 5.01. The van der Waals surface area contributed by atoms with Gasteiger partial charge in [0.2, 0.25) is 0 Å². The maximum atomic E-state index is 12.5. The van der Waals surface area contributed by atoms with Crippen molar-refractivity contribution in [3.05, 3.63) is 54.1 Å². The van der Waals surface area contributed by atoms with E-state index in [1.165, 1.54) is 10.5 Å². The summed E-state index contributed by atoms with van der Waals surface area (Å²) in [5, 5.41) is 5.49. The molecule has 0 radical (unpaired) electrons. The molecule has 1 saturated heterocycles. The van der Waals surface area contributed by atoms with E-state index >= 15 is 0 Å². The van der Waals surface area contributed by atoms with Gasteiger partial charge < -0.3 is 15.4 Å². The van der Waals surface area contributed by atoms with Gasteiger partial charge in [0.25, 0.3) is 11.1 Å². The minimum Gasteiger partial charge on any atom is -0.497 e. The molecular formula is C19H21N3O3S. The number of anilines is 2. The van der Waals surface area contributed by atoms with Crippen molar-refractivity contribution < 1.29 is 14.3 Å². The molecule has 1 atom stereocenters. The normalized spacial score (nSPS) is 16.7. The predicted octanol–water partition coefficient (Wildman–Crippen LogP) is 3.55. The smallest absolute Gasteiger partial charge is 0.290 e. The Bertz CT molecular complexity index is 778. The molecule has 0 aliphatic carbocycles. The largest absolute Gasteiger partial charge is 0.497 e. The van der Waals surface area contributed by atoms with Crippen molar-refractivity contribution in [3.63, 3.8) is 0 Å². The molecule has 0 unspecified atom stereocenters. The molecule has 2 aromatic rings. The zero-order valence-electron chi connectivity index (χ0n) is 14.7. The third kappa shape index (κ3) is 4.29. The van der Waals surface area contributed by atoms with Crippen LogP contribution in [0.1, 0.15) is 5.56 Å². The number of aryl methyl sites for hydroxylation is 1. The van der Waals surface area contributed by atoms with Crippen LogP contribution in [0.5, 0.6) is 5.75 Å². The fourth-order valence-corrected chi connectivity index (χ4v) is 3.49. The SMILES string of the molecule is COc1ccc(N[C@H]2SC(=O)N(CCNc3ccc(C)cc3)C2=O)cc1. The summed E-state index contributed by atoms with van der Waals surface area (Å²) in [4.78, 5) is 25.9. The Morgan fingerprint density at radius 2 is 1.69 bits per heavy atom. The van der Waals surface area contributed by atoms with E-state index in [4.69, 9.17) is 4.74 Å². The van der Waals surface area contributed by atoms with E-state index in [0.29, 0.717) is 13.1 Å². The number of rotatable bonds is 7. The summed E-state index contributed by atoms with van der Waals surface area (Å²) in [6.07, 6.45) is 0. The second kappa shape index (κ2) is 8.14. The maximum Gasteiger partial charge on any atom is 0.290 e. The van der Waals surface area contributed by atoms with E-state index in [-0.39, 0.29) is 11.1 Å². The standard InChI is InChI=1S/C19H21N3O3S/c1-13-3-5-14(6-4-13)20-11-12-22-18(23)17(26-19(22)24)21-15-7-9-16(25-2)10-8-15/h3-10,17,20-21H,11-12H2,1-2H3/t17-/m0/s1. The van der Waals surface area contributed by atoms with Gasteiger partial charge in [-0.3, -0.25) is 14.5 Å². The molecular weight excluding hydrogens is 350 g/mol. The van der Waals surface area contributed by atoms with E-state index in [1.807, 2.05) is 43.3 Å². The summed E-state index contributed by atoms with van der Waals surface area (Å²) < 4.78 is 5.11. The Kier molecular flexibility index (Phi) is 5.68. The van der Waals surface area contributed by atoms with Gasteiger partial charge in [-0.2, -0.15) is 0 Å². The maximum absolute atomic E-state index is 12.5. The lowest BCUT2D eigenvalue weighted by Crippen LogP contribution is -2.37. The van der Waals surface area contributed by atoms with Crippen LogP contribution < -0.4 is 15.4 Å². The number of hydrogen-bond donors (Lipinski definition) is 2. The lowest BCUT2D eigenvalue weighted by atomic mass is 10.2. The third-order valence-electron chi connectivity index (χ3n) is 4.03. The molecule has 6 nitrogen and oxygen atoms in total. The highest BCUT2D eigenvalue weighted by Gasteiger charge is 2.39. The highest BCUT2D eigenvalue weighted by atomic mass is 32.2. The summed E-state index contributed by atoms with van der Waals surface area (Å²) >= 11 is 1.00. The van der Waals surface area contributed by atoms with Crippen molar-refractivity contribution in [2.75, 3.05) is 30.8 Å². The average Bonchev–Trinajstić information content (AvgIpc) is 2.91. The van der Waals surface area contributed by atoms with Gasteiger partial charge in [0.1, 0.15) is 5.75 Å². The van der Waals surface area contributed by atoms with Gasteiger partial charge >= 0.3 is 0 Å². The molecule has 1 fully saturated rings. The average molecular weight is 371 g/mol. The zero-order chi connectivity index (χ0) is 18.5. The van der Waals surface area contributed by atoms with E-state index in [0.717, 1.165) is 28.9 Å². The second-order valence-electron chi connectivity index (χ2n) is 5.92. The number of amides is 2. The molecule has 0 saturated carbocycles. The van der Waals surface area contributed by atoms with Crippen molar-refractivity contribution in [2.24, 2.45) is 0 Å². The van der Waals surface area contributed by atoms with Gasteiger partial charge in [-0.25, -0.2) is 0 Å². The molecule has 2 N–H and O–H groups in total. The van der Waals surface area contributed by atoms with Crippen molar-refractivity contribution in [1.29, 1.82) is 0 Å². The van der Waals surface area contributed by atoms with Crippen LogP contribution >= 0.6 is 11.8 Å². The molecule has 1 aliphatic heterocycles. The first-order chi connectivity index (χ1) is 12.6. The Balaban J connectivity index is 1.53. The summed E-state index contributed by atoms with van der Waals surface area (Å²) in [6.45, 7) is 2.87. The molecule has 2 amide bonds. The number of methoxy groups -OCH3 is 1. The Hall–Kier alpha value is -2.67. The Labute approximate surface area is 156 Å². The van der Waals surface area contributed by atoms with Crippen molar-refractivity contribution in [2.45, 2.75) is 12.3 Å². The van der Waals surface area contributed by atoms with Crippen LogP contribution in [0.3, 0.4) is 0 Å². The van der Waals surface area contributed by atoms with Crippen LogP contribution in [-0.2, 0) is 4.79 Å². The highest BCUT2D eigenvalue weighted by molar-refractivity contribution is 8.15. The molecule has 1 aliphatic rings. The van der Waals surface area contributed by atoms with Gasteiger partial charge in [0.15, 0.2) is 5.37 Å². The molecule has 0 bridgehead atoms. The summed E-state index contributed by atoms with van der Waals surface area (Å²) in [6, 6.07) is 15.2. The van der Waals surface area contributed by atoms with Crippen LogP contribution in [0.2, 0.25) is 0 Å². The van der Waals surface area contributed by atoms with Crippen LogP contribution in [0.4, 0.5) is 16.2 Å². The minimum absolute atomic E-state index is 0.221. The van der Waals surface area contributed by atoms with Crippen LogP contribution in [0, 0.1) is 6.92 Å². The first kappa shape index (κ1) is 18.1. The molecule has 0 spiro atoms. The topological polar surface area (TPSA) is 70.7 Å². The van der Waals surface area contributed by atoms with Crippen LogP contribution in [0.25, 0.3) is 0 Å². The fraction of sp³-hybridized carbons (Fsp3) is 0.263. The quantitative estimate of drug-likeness (QED) is 0.776. The van der Waals surface area contributed by atoms with E-state index in [9.17, 15) is 9.59 Å². The second-order valence-corrected chi connectivity index (χ2v) is 6.98. The number of nitrogens with zero attached hydrogens (tertiary/aromatic N) is 1. The number of thioether (sulfide) groups is 1. The number of benzene rings is 2. The van der Waals surface area contributed by atoms with E-state index in [1.54, 1.807) is 19.2 Å². The Morgan fingerprint density at radius 1 is 1.04 bits per heavy atom. The fourth-order valence-electron chi connectivity index (χ4n) is 2.56. The van der Waals surface area contributed by atoms with Gasteiger partial charge in [-0.15, -0.1) is 0 Å². The summed E-state index contributed by atoms with van der Waals surface area (Å²) in [5.74, 6) is 0.516. The van der Waals surface area contributed by atoms with Crippen LogP contribution in [0.15, 0.2) is 48.5 Å². The highest BCUT2D eigenvalue weighted by Crippen LogP contribution is 2.28. The number of ether oxygens (including phenoxy) is 1. The number of carbonyl (C=O) groups excluding carboxylic acids is 2. The number of carbonyl (C=O) groups is 2. The van der Waals surface area contributed by atoms with Gasteiger partial charge in [-0.05, 0) is 55.1 Å². The van der Waals surface area contributed by atoms with Gasteiger partial charge in [-0.1, -0.05) is 17.7 Å². The van der Waals surface area contributed by atoms with E-state index in [2.05, 4.69) is 10.6 Å². The monoisotopic (exact) mass is 371 g/mol. The van der Waals surface area contributed by atoms with E-state index < -0.39 is 5.37 Å². The van der Waals surface area contributed by atoms with Crippen molar-refractivity contribution >= 4 is 34.3 Å². The molecule has 2 aromatic carbocycles. The predicted molar refractivity (Wildman–Crippen MR) is 105 cm³/mol. The molecule has 3 rings (SSSR count). The van der Waals surface area contributed by atoms with Gasteiger partial charge in [0, 0.05) is 24.5 Å². The lowest BCUT2D eigenvalue weighted by Gasteiger charge is -2.16. The minimum atomic E-state index is -0.602. The van der Waals surface area contributed by atoms with Crippen molar-refractivity contribution in [3.8, 4) is 5.75 Å².